The molecule has 1 heterocycles. The molecule has 0 saturated carbocycles. The van der Waals surface area contributed by atoms with Crippen molar-refractivity contribution in [3.05, 3.63) is 0 Å². The first-order valence-electron chi connectivity index (χ1n) is 8.52. The van der Waals surface area contributed by atoms with Crippen molar-refractivity contribution < 1.29 is 14.3 Å². The maximum atomic E-state index is 12.4. The molecule has 1 aliphatic rings. The molecule has 1 amide bonds. The van der Waals surface area contributed by atoms with Crippen LogP contribution in [0.2, 0.25) is 0 Å². The monoisotopic (exact) mass is 346 g/mol. The predicted octanol–water partition coefficient (Wildman–Crippen LogP) is 2.99. The first-order chi connectivity index (χ1) is 10.7. The van der Waals surface area contributed by atoms with Crippen molar-refractivity contribution in [1.82, 2.24) is 10.2 Å². The number of amides is 1. The molecule has 0 spiro atoms. The van der Waals surface area contributed by atoms with E-state index in [0.717, 1.165) is 18.7 Å². The van der Waals surface area contributed by atoms with Crippen LogP contribution in [0.15, 0.2) is 0 Å². The molecule has 136 valence electrons. The van der Waals surface area contributed by atoms with Gasteiger partial charge in [0.25, 0.3) is 0 Å². The molecule has 1 aliphatic heterocycles. The lowest BCUT2D eigenvalue weighted by atomic mass is 10.1. The minimum Gasteiger partial charge on any atom is -0.444 e. The molecule has 6 heteroatoms. The molecule has 1 fully saturated rings. The van der Waals surface area contributed by atoms with Crippen molar-refractivity contribution in [2.75, 3.05) is 38.3 Å². The molecule has 5 nitrogen and oxygen atoms in total. The van der Waals surface area contributed by atoms with E-state index in [2.05, 4.69) is 25.4 Å². The van der Waals surface area contributed by atoms with E-state index in [1.165, 1.54) is 0 Å². The van der Waals surface area contributed by atoms with Crippen molar-refractivity contribution in [1.29, 1.82) is 0 Å². The van der Waals surface area contributed by atoms with Gasteiger partial charge in [-0.05, 0) is 58.6 Å². The number of thioether (sulfide) groups is 1. The number of rotatable bonds is 7. The third kappa shape index (κ3) is 8.27. The highest BCUT2D eigenvalue weighted by atomic mass is 32.2. The summed E-state index contributed by atoms with van der Waals surface area (Å²) in [5.74, 6) is 1.81. The highest BCUT2D eigenvalue weighted by Crippen LogP contribution is 2.17. The zero-order valence-electron chi connectivity index (χ0n) is 15.6. The van der Waals surface area contributed by atoms with Gasteiger partial charge in [0.15, 0.2) is 0 Å². The van der Waals surface area contributed by atoms with E-state index in [4.69, 9.17) is 9.47 Å². The summed E-state index contributed by atoms with van der Waals surface area (Å²) < 4.78 is 11.1. The summed E-state index contributed by atoms with van der Waals surface area (Å²) in [7, 11) is 0. The minimum absolute atomic E-state index is 0.0805. The fourth-order valence-electron chi connectivity index (χ4n) is 2.65. The lowest BCUT2D eigenvalue weighted by Crippen LogP contribution is -2.52. The van der Waals surface area contributed by atoms with Gasteiger partial charge in [0.2, 0.25) is 0 Å². The molecule has 0 aromatic heterocycles. The fraction of sp³-hybridized carbons (Fsp3) is 0.941. The molecule has 3 atom stereocenters. The van der Waals surface area contributed by atoms with Gasteiger partial charge in [-0.25, -0.2) is 4.79 Å². The van der Waals surface area contributed by atoms with Gasteiger partial charge in [0.1, 0.15) is 5.60 Å². The molecular formula is C17H34N2O3S. The standard InChI is InChI=1S/C17H34N2O3S/c1-13(12-23-6)10-18-14(2)9-15-11-21-8-7-19(15)16(20)22-17(3,4)5/h13-15,18H,7-12H2,1-6H3/t13-,14-,15+/m1/s1. The Morgan fingerprint density at radius 1 is 1.43 bits per heavy atom. The summed E-state index contributed by atoms with van der Waals surface area (Å²) in [6.45, 7) is 12.9. The van der Waals surface area contributed by atoms with Crippen LogP contribution in [0.1, 0.15) is 41.0 Å². The molecule has 1 rings (SSSR count). The smallest absolute Gasteiger partial charge is 0.410 e. The van der Waals surface area contributed by atoms with Gasteiger partial charge in [0.05, 0.1) is 19.3 Å². The maximum absolute atomic E-state index is 12.4. The van der Waals surface area contributed by atoms with E-state index in [-0.39, 0.29) is 12.1 Å². The van der Waals surface area contributed by atoms with Crippen LogP contribution in [0.3, 0.4) is 0 Å². The number of nitrogens with zero attached hydrogens (tertiary/aromatic N) is 1. The van der Waals surface area contributed by atoms with Crippen molar-refractivity contribution in [2.24, 2.45) is 5.92 Å². The van der Waals surface area contributed by atoms with E-state index in [1.807, 2.05) is 37.4 Å². The second-order valence-corrected chi connectivity index (χ2v) is 8.42. The Hall–Kier alpha value is -0.460. The number of carbonyl (C=O) groups excluding carboxylic acids is 1. The van der Waals surface area contributed by atoms with E-state index in [9.17, 15) is 4.79 Å². The molecule has 0 aromatic rings. The van der Waals surface area contributed by atoms with E-state index in [0.29, 0.717) is 31.7 Å². The summed E-state index contributed by atoms with van der Waals surface area (Å²) in [5.41, 5.74) is -0.461. The summed E-state index contributed by atoms with van der Waals surface area (Å²) in [5, 5.41) is 3.57. The van der Waals surface area contributed by atoms with E-state index >= 15 is 0 Å². The highest BCUT2D eigenvalue weighted by molar-refractivity contribution is 7.98. The maximum Gasteiger partial charge on any atom is 0.410 e. The van der Waals surface area contributed by atoms with Gasteiger partial charge in [-0.1, -0.05) is 6.92 Å². The zero-order chi connectivity index (χ0) is 17.5. The summed E-state index contributed by atoms with van der Waals surface area (Å²) >= 11 is 1.88. The molecule has 0 unspecified atom stereocenters. The average molecular weight is 347 g/mol. The van der Waals surface area contributed by atoms with E-state index in [1.54, 1.807) is 0 Å². The van der Waals surface area contributed by atoms with Crippen LogP contribution in [-0.4, -0.2) is 67.0 Å². The lowest BCUT2D eigenvalue weighted by molar-refractivity contribution is -0.0356. The van der Waals surface area contributed by atoms with Gasteiger partial charge >= 0.3 is 6.09 Å². The second-order valence-electron chi connectivity index (χ2n) is 7.51. The minimum atomic E-state index is -0.461. The average Bonchev–Trinajstić information content (AvgIpc) is 2.44. The Balaban J connectivity index is 2.49. The molecule has 0 aromatic carbocycles. The van der Waals surface area contributed by atoms with Crippen LogP contribution in [0, 0.1) is 5.92 Å². The Morgan fingerprint density at radius 3 is 2.74 bits per heavy atom. The van der Waals surface area contributed by atoms with Gasteiger partial charge in [0, 0.05) is 12.6 Å². The Morgan fingerprint density at radius 2 is 2.13 bits per heavy atom. The normalized spacial score (nSPS) is 21.8. The van der Waals surface area contributed by atoms with Crippen LogP contribution in [-0.2, 0) is 9.47 Å². The quantitative estimate of drug-likeness (QED) is 0.768. The number of hydrogen-bond donors (Lipinski definition) is 1. The molecule has 0 radical (unpaired) electrons. The molecule has 0 bridgehead atoms. The van der Waals surface area contributed by atoms with Crippen LogP contribution < -0.4 is 5.32 Å². The van der Waals surface area contributed by atoms with Gasteiger partial charge < -0.3 is 19.7 Å². The van der Waals surface area contributed by atoms with Crippen molar-refractivity contribution in [2.45, 2.75) is 58.7 Å². The lowest BCUT2D eigenvalue weighted by Gasteiger charge is -2.37. The third-order valence-electron chi connectivity index (χ3n) is 3.75. The Labute approximate surface area is 145 Å². The summed E-state index contributed by atoms with van der Waals surface area (Å²) in [4.78, 5) is 14.2. The van der Waals surface area contributed by atoms with E-state index < -0.39 is 5.60 Å². The number of carbonyl (C=O) groups is 1. The Kier molecular flexibility index (Phi) is 8.72. The highest BCUT2D eigenvalue weighted by Gasteiger charge is 2.31. The largest absolute Gasteiger partial charge is 0.444 e. The van der Waals surface area contributed by atoms with Crippen molar-refractivity contribution in [3.63, 3.8) is 0 Å². The molecule has 1 saturated heterocycles. The van der Waals surface area contributed by atoms with Gasteiger partial charge in [-0.2, -0.15) is 11.8 Å². The number of nitrogens with one attached hydrogen (secondary N) is 1. The zero-order valence-corrected chi connectivity index (χ0v) is 16.4. The first kappa shape index (κ1) is 20.6. The van der Waals surface area contributed by atoms with Crippen molar-refractivity contribution >= 4 is 17.9 Å². The van der Waals surface area contributed by atoms with Crippen LogP contribution in [0.25, 0.3) is 0 Å². The SMILES string of the molecule is CSC[C@H](C)CN[C@H](C)C[C@H]1COCCN1C(=O)OC(C)(C)C. The summed E-state index contributed by atoms with van der Waals surface area (Å²) in [6.07, 6.45) is 2.79. The second kappa shape index (κ2) is 9.74. The van der Waals surface area contributed by atoms with Crippen LogP contribution >= 0.6 is 11.8 Å². The molecular weight excluding hydrogens is 312 g/mol. The van der Waals surface area contributed by atoms with Crippen LogP contribution in [0.4, 0.5) is 4.79 Å². The molecule has 23 heavy (non-hydrogen) atoms. The van der Waals surface area contributed by atoms with Crippen LogP contribution in [0.5, 0.6) is 0 Å². The molecule has 0 aliphatic carbocycles. The fourth-order valence-corrected chi connectivity index (χ4v) is 3.34. The number of ether oxygens (including phenoxy) is 2. The number of hydrogen-bond acceptors (Lipinski definition) is 5. The Bertz CT molecular complexity index is 360. The van der Waals surface area contributed by atoms with Gasteiger partial charge in [-0.3, -0.25) is 0 Å². The third-order valence-corrected chi connectivity index (χ3v) is 4.65. The molecule has 1 N–H and O–H groups in total. The first-order valence-corrected chi connectivity index (χ1v) is 9.92. The summed E-state index contributed by atoms with van der Waals surface area (Å²) in [6, 6.07) is 0.424. The topological polar surface area (TPSA) is 50.8 Å². The van der Waals surface area contributed by atoms with Gasteiger partial charge in [-0.15, -0.1) is 0 Å². The van der Waals surface area contributed by atoms with Crippen molar-refractivity contribution in [3.8, 4) is 0 Å². The predicted molar refractivity (Wildman–Crippen MR) is 97.2 cm³/mol. The number of morpholine rings is 1.